The summed E-state index contributed by atoms with van der Waals surface area (Å²) in [6, 6.07) is 20.8. The van der Waals surface area contributed by atoms with Crippen LogP contribution < -0.4 is 10.6 Å². The Balaban J connectivity index is 1.48. The van der Waals surface area contributed by atoms with E-state index >= 15 is 0 Å². The number of thiocarbonyl (C=S) groups is 1. The van der Waals surface area contributed by atoms with Gasteiger partial charge in [0.2, 0.25) is 5.89 Å². The Morgan fingerprint density at radius 2 is 1.76 bits per heavy atom. The summed E-state index contributed by atoms with van der Waals surface area (Å²) in [7, 11) is 0. The molecule has 1 heterocycles. The van der Waals surface area contributed by atoms with Crippen LogP contribution in [0.1, 0.15) is 21.5 Å². The maximum Gasteiger partial charge on any atom is 0.257 e. The van der Waals surface area contributed by atoms with Crippen LogP contribution in [-0.4, -0.2) is 16.0 Å². The van der Waals surface area contributed by atoms with Gasteiger partial charge in [0.05, 0.1) is 0 Å². The molecule has 6 heteroatoms. The van der Waals surface area contributed by atoms with Crippen molar-refractivity contribution >= 4 is 40.0 Å². The molecular weight excluding hydrogens is 382 g/mol. The van der Waals surface area contributed by atoms with Crippen molar-refractivity contribution in [2.24, 2.45) is 0 Å². The number of nitrogens with one attached hydrogen (secondary N) is 2. The fraction of sp³-hybridized carbons (Fsp3) is 0.0870. The molecule has 0 radical (unpaired) electrons. The fourth-order valence-electron chi connectivity index (χ4n) is 2.95. The highest BCUT2D eigenvalue weighted by atomic mass is 32.1. The van der Waals surface area contributed by atoms with E-state index in [4.69, 9.17) is 16.6 Å². The number of aromatic nitrogens is 1. The van der Waals surface area contributed by atoms with E-state index in [0.717, 1.165) is 16.8 Å². The molecule has 3 aromatic carbocycles. The number of anilines is 1. The van der Waals surface area contributed by atoms with E-state index in [9.17, 15) is 4.79 Å². The number of rotatable bonds is 3. The van der Waals surface area contributed by atoms with Gasteiger partial charge in [0.25, 0.3) is 5.91 Å². The highest BCUT2D eigenvalue weighted by Gasteiger charge is 2.11. The summed E-state index contributed by atoms with van der Waals surface area (Å²) in [5.41, 5.74) is 5.77. The molecule has 0 unspecified atom stereocenters. The Kier molecular flexibility index (Phi) is 5.10. The molecule has 5 nitrogen and oxygen atoms in total. The van der Waals surface area contributed by atoms with Crippen molar-refractivity contribution in [1.29, 1.82) is 0 Å². The van der Waals surface area contributed by atoms with Gasteiger partial charge in [-0.05, 0) is 68.5 Å². The van der Waals surface area contributed by atoms with E-state index in [1.165, 1.54) is 5.56 Å². The molecule has 4 aromatic rings. The van der Waals surface area contributed by atoms with Gasteiger partial charge in [-0.2, -0.15) is 0 Å². The van der Waals surface area contributed by atoms with Gasteiger partial charge >= 0.3 is 0 Å². The maximum absolute atomic E-state index is 12.3. The normalized spacial score (nSPS) is 10.7. The second kappa shape index (κ2) is 7.85. The number of oxazole rings is 1. The van der Waals surface area contributed by atoms with Crippen molar-refractivity contribution in [1.82, 2.24) is 10.3 Å². The molecule has 0 bridgehead atoms. The van der Waals surface area contributed by atoms with Crippen LogP contribution in [0.25, 0.3) is 22.6 Å². The first-order valence-corrected chi connectivity index (χ1v) is 9.55. The number of aryl methyl sites for hydroxylation is 2. The number of benzene rings is 3. The Bertz CT molecular complexity index is 1210. The largest absolute Gasteiger partial charge is 0.436 e. The third-order valence-corrected chi connectivity index (χ3v) is 4.66. The summed E-state index contributed by atoms with van der Waals surface area (Å²) in [5, 5.41) is 5.94. The lowest BCUT2D eigenvalue weighted by atomic mass is 10.1. The first-order valence-electron chi connectivity index (χ1n) is 9.14. The third kappa shape index (κ3) is 4.33. The van der Waals surface area contributed by atoms with Crippen molar-refractivity contribution in [3.8, 4) is 11.5 Å². The van der Waals surface area contributed by atoms with Gasteiger partial charge in [0.1, 0.15) is 5.52 Å². The molecule has 29 heavy (non-hydrogen) atoms. The molecule has 0 aliphatic rings. The summed E-state index contributed by atoms with van der Waals surface area (Å²) in [5.74, 6) is 0.308. The number of hydrogen-bond donors (Lipinski definition) is 2. The van der Waals surface area contributed by atoms with E-state index in [-0.39, 0.29) is 11.0 Å². The predicted molar refractivity (Wildman–Crippen MR) is 119 cm³/mol. The number of nitrogens with zero attached hydrogens (tertiary/aromatic N) is 1. The molecular formula is C23H19N3O2S. The lowest BCUT2D eigenvalue weighted by Crippen LogP contribution is -2.34. The molecule has 0 saturated heterocycles. The van der Waals surface area contributed by atoms with Crippen LogP contribution in [0.2, 0.25) is 0 Å². The SMILES string of the molecule is Cc1ccc(-c2nc3cc(NC(=S)NC(=O)c4cccc(C)c4)ccc3o2)cc1. The highest BCUT2D eigenvalue weighted by molar-refractivity contribution is 7.80. The molecule has 0 spiro atoms. The van der Waals surface area contributed by atoms with Gasteiger partial charge < -0.3 is 9.73 Å². The number of carbonyl (C=O) groups excluding carboxylic acids is 1. The van der Waals surface area contributed by atoms with Crippen LogP contribution in [0, 0.1) is 13.8 Å². The lowest BCUT2D eigenvalue weighted by Gasteiger charge is -2.09. The molecule has 144 valence electrons. The predicted octanol–water partition coefficient (Wildman–Crippen LogP) is 5.24. The molecule has 0 aliphatic heterocycles. The average molecular weight is 401 g/mol. The van der Waals surface area contributed by atoms with Crippen LogP contribution in [0.4, 0.5) is 5.69 Å². The quantitative estimate of drug-likeness (QED) is 0.460. The minimum atomic E-state index is -0.254. The number of hydrogen-bond acceptors (Lipinski definition) is 4. The van der Waals surface area contributed by atoms with Gasteiger partial charge in [-0.15, -0.1) is 0 Å². The summed E-state index contributed by atoms with van der Waals surface area (Å²) in [4.78, 5) is 16.9. The smallest absolute Gasteiger partial charge is 0.257 e. The number of fused-ring (bicyclic) bond motifs is 1. The van der Waals surface area contributed by atoms with E-state index in [1.807, 2.05) is 74.5 Å². The minimum Gasteiger partial charge on any atom is -0.436 e. The van der Waals surface area contributed by atoms with E-state index in [0.29, 0.717) is 22.6 Å². The summed E-state index contributed by atoms with van der Waals surface area (Å²) in [6.45, 7) is 3.97. The van der Waals surface area contributed by atoms with Gasteiger partial charge in [-0.3, -0.25) is 10.1 Å². The van der Waals surface area contributed by atoms with E-state index in [2.05, 4.69) is 15.6 Å². The van der Waals surface area contributed by atoms with Crippen LogP contribution in [0.5, 0.6) is 0 Å². The fourth-order valence-corrected chi connectivity index (χ4v) is 3.16. The molecule has 0 fully saturated rings. The zero-order valence-corrected chi connectivity index (χ0v) is 16.8. The Morgan fingerprint density at radius 1 is 0.966 bits per heavy atom. The monoisotopic (exact) mass is 401 g/mol. The average Bonchev–Trinajstić information content (AvgIpc) is 3.11. The van der Waals surface area contributed by atoms with Gasteiger partial charge in [-0.25, -0.2) is 4.98 Å². The summed E-state index contributed by atoms with van der Waals surface area (Å²) >= 11 is 5.27. The molecule has 0 atom stereocenters. The molecule has 1 amide bonds. The van der Waals surface area contributed by atoms with Crippen molar-refractivity contribution < 1.29 is 9.21 Å². The first kappa shape index (κ1) is 18.8. The summed E-state index contributed by atoms with van der Waals surface area (Å²) < 4.78 is 5.85. The van der Waals surface area contributed by atoms with E-state index < -0.39 is 0 Å². The minimum absolute atomic E-state index is 0.220. The standard InChI is InChI=1S/C23H19N3O2S/c1-14-6-8-16(9-7-14)22-25-19-13-18(10-11-20(19)28-22)24-23(29)26-21(27)17-5-3-4-15(2)12-17/h3-13H,1-2H3,(H2,24,26,27,29). The Morgan fingerprint density at radius 3 is 2.52 bits per heavy atom. The maximum atomic E-state index is 12.3. The van der Waals surface area contributed by atoms with Gasteiger partial charge in [0.15, 0.2) is 10.7 Å². The molecule has 2 N–H and O–H groups in total. The lowest BCUT2D eigenvalue weighted by molar-refractivity contribution is 0.0977. The van der Waals surface area contributed by atoms with E-state index in [1.54, 1.807) is 6.07 Å². The highest BCUT2D eigenvalue weighted by Crippen LogP contribution is 2.26. The van der Waals surface area contributed by atoms with Crippen molar-refractivity contribution in [2.75, 3.05) is 5.32 Å². The number of amides is 1. The Labute approximate surface area is 173 Å². The van der Waals surface area contributed by atoms with Crippen LogP contribution in [-0.2, 0) is 0 Å². The first-order chi connectivity index (χ1) is 14.0. The third-order valence-electron chi connectivity index (χ3n) is 4.45. The zero-order valence-electron chi connectivity index (χ0n) is 16.0. The summed E-state index contributed by atoms with van der Waals surface area (Å²) in [6.07, 6.45) is 0. The molecule has 0 aliphatic carbocycles. The molecule has 1 aromatic heterocycles. The number of carbonyl (C=O) groups is 1. The molecule has 4 rings (SSSR count). The second-order valence-corrected chi connectivity index (χ2v) is 7.25. The van der Waals surface area contributed by atoms with Crippen LogP contribution >= 0.6 is 12.2 Å². The van der Waals surface area contributed by atoms with Crippen LogP contribution in [0.15, 0.2) is 71.1 Å². The van der Waals surface area contributed by atoms with Gasteiger partial charge in [0, 0.05) is 16.8 Å². The van der Waals surface area contributed by atoms with Crippen molar-refractivity contribution in [3.63, 3.8) is 0 Å². The van der Waals surface area contributed by atoms with Crippen molar-refractivity contribution in [3.05, 3.63) is 83.4 Å². The van der Waals surface area contributed by atoms with Crippen LogP contribution in [0.3, 0.4) is 0 Å². The second-order valence-electron chi connectivity index (χ2n) is 6.85. The molecule has 0 saturated carbocycles. The van der Waals surface area contributed by atoms with Crippen molar-refractivity contribution in [2.45, 2.75) is 13.8 Å². The Hall–Kier alpha value is -3.51. The van der Waals surface area contributed by atoms with Gasteiger partial charge in [-0.1, -0.05) is 35.4 Å². The topological polar surface area (TPSA) is 67.2 Å². The zero-order chi connectivity index (χ0) is 20.4.